The van der Waals surface area contributed by atoms with Gasteiger partial charge in [0, 0.05) is 17.1 Å². The molecule has 0 aromatic heterocycles. The molecule has 0 bridgehead atoms. The highest BCUT2D eigenvalue weighted by Crippen LogP contribution is 2.22. The Morgan fingerprint density at radius 1 is 1.50 bits per heavy atom. The van der Waals surface area contributed by atoms with Crippen molar-refractivity contribution in [1.82, 2.24) is 10.6 Å². The van der Waals surface area contributed by atoms with Crippen molar-refractivity contribution in [2.75, 3.05) is 13.1 Å². The second kappa shape index (κ2) is 6.20. The zero-order valence-corrected chi connectivity index (χ0v) is 11.7. The maximum atomic E-state index is 11.9. The number of aromatic hydroxyl groups is 1. The van der Waals surface area contributed by atoms with Gasteiger partial charge in [0.1, 0.15) is 5.75 Å². The van der Waals surface area contributed by atoms with Crippen molar-refractivity contribution in [3.05, 3.63) is 28.2 Å². The van der Waals surface area contributed by atoms with E-state index in [-0.39, 0.29) is 11.7 Å². The van der Waals surface area contributed by atoms with Gasteiger partial charge in [0.15, 0.2) is 0 Å². The number of phenols is 1. The Labute approximate surface area is 115 Å². The number of carbonyl (C=O) groups is 1. The number of piperidine rings is 1. The van der Waals surface area contributed by atoms with E-state index in [0.29, 0.717) is 18.2 Å². The maximum Gasteiger partial charge on any atom is 0.255 e. The predicted molar refractivity (Wildman–Crippen MR) is 73.8 cm³/mol. The lowest BCUT2D eigenvalue weighted by Gasteiger charge is -2.23. The molecule has 18 heavy (non-hydrogen) atoms. The van der Waals surface area contributed by atoms with Crippen LogP contribution in [-0.2, 0) is 0 Å². The van der Waals surface area contributed by atoms with Crippen molar-refractivity contribution in [2.24, 2.45) is 0 Å². The number of carbonyl (C=O) groups excluding carboxylic acids is 1. The van der Waals surface area contributed by atoms with E-state index < -0.39 is 0 Å². The Morgan fingerprint density at radius 3 is 3.00 bits per heavy atom. The van der Waals surface area contributed by atoms with E-state index in [4.69, 9.17) is 0 Å². The summed E-state index contributed by atoms with van der Waals surface area (Å²) in [7, 11) is 0. The zero-order valence-electron chi connectivity index (χ0n) is 10.1. The van der Waals surface area contributed by atoms with Gasteiger partial charge in [0.2, 0.25) is 0 Å². The van der Waals surface area contributed by atoms with Gasteiger partial charge in [0.05, 0.1) is 5.56 Å². The van der Waals surface area contributed by atoms with E-state index in [2.05, 4.69) is 26.6 Å². The number of phenolic OH excluding ortho intramolecular Hbond substituents is 1. The highest BCUT2D eigenvalue weighted by Gasteiger charge is 2.15. The van der Waals surface area contributed by atoms with E-state index in [1.807, 2.05) is 0 Å². The molecule has 1 amide bonds. The van der Waals surface area contributed by atoms with Crippen LogP contribution in [0.1, 0.15) is 29.6 Å². The third-order valence-electron chi connectivity index (χ3n) is 3.13. The second-order valence-electron chi connectivity index (χ2n) is 4.52. The summed E-state index contributed by atoms with van der Waals surface area (Å²) >= 11 is 3.25. The molecule has 1 atom stereocenters. The van der Waals surface area contributed by atoms with Crippen LogP contribution >= 0.6 is 15.9 Å². The molecule has 0 aliphatic carbocycles. The van der Waals surface area contributed by atoms with Crippen LogP contribution in [0.2, 0.25) is 0 Å². The monoisotopic (exact) mass is 312 g/mol. The van der Waals surface area contributed by atoms with E-state index in [9.17, 15) is 9.90 Å². The molecule has 98 valence electrons. The summed E-state index contributed by atoms with van der Waals surface area (Å²) in [5, 5.41) is 15.9. The topological polar surface area (TPSA) is 61.4 Å². The first-order chi connectivity index (χ1) is 8.66. The van der Waals surface area contributed by atoms with E-state index in [0.717, 1.165) is 17.4 Å². The summed E-state index contributed by atoms with van der Waals surface area (Å²) in [6, 6.07) is 5.23. The molecule has 1 saturated heterocycles. The molecule has 1 aliphatic rings. The lowest BCUT2D eigenvalue weighted by molar-refractivity contribution is 0.0945. The SMILES string of the molecule is O=C(NCC1CCCCN1)c1ccc(Br)cc1O. The van der Waals surface area contributed by atoms with Crippen molar-refractivity contribution in [3.63, 3.8) is 0 Å². The smallest absolute Gasteiger partial charge is 0.255 e. The van der Waals surface area contributed by atoms with Gasteiger partial charge in [-0.15, -0.1) is 0 Å². The molecule has 1 fully saturated rings. The van der Waals surface area contributed by atoms with Crippen molar-refractivity contribution >= 4 is 21.8 Å². The summed E-state index contributed by atoms with van der Waals surface area (Å²) < 4.78 is 0.755. The number of hydrogen-bond acceptors (Lipinski definition) is 3. The van der Waals surface area contributed by atoms with E-state index in [1.54, 1.807) is 12.1 Å². The molecule has 1 aromatic carbocycles. The first-order valence-corrected chi connectivity index (χ1v) is 6.96. The minimum absolute atomic E-state index is 0.00141. The summed E-state index contributed by atoms with van der Waals surface area (Å²) in [6.07, 6.45) is 3.50. The first kappa shape index (κ1) is 13.4. The predicted octanol–water partition coefficient (Wildman–Crippen LogP) is 2.03. The maximum absolute atomic E-state index is 11.9. The second-order valence-corrected chi connectivity index (χ2v) is 5.43. The van der Waals surface area contributed by atoms with Crippen LogP contribution < -0.4 is 10.6 Å². The van der Waals surface area contributed by atoms with E-state index >= 15 is 0 Å². The number of rotatable bonds is 3. The van der Waals surface area contributed by atoms with E-state index in [1.165, 1.54) is 18.9 Å². The number of amides is 1. The number of nitrogens with one attached hydrogen (secondary N) is 2. The fraction of sp³-hybridized carbons (Fsp3) is 0.462. The molecule has 1 aromatic rings. The quantitative estimate of drug-likeness (QED) is 0.800. The van der Waals surface area contributed by atoms with Crippen LogP contribution in [0.5, 0.6) is 5.75 Å². The van der Waals surface area contributed by atoms with Gasteiger partial charge in [-0.05, 0) is 37.6 Å². The molecule has 0 spiro atoms. The van der Waals surface area contributed by atoms with Gasteiger partial charge in [0.25, 0.3) is 5.91 Å². The summed E-state index contributed by atoms with van der Waals surface area (Å²) in [5.41, 5.74) is 0.314. The summed E-state index contributed by atoms with van der Waals surface area (Å²) in [4.78, 5) is 11.9. The Morgan fingerprint density at radius 2 is 2.33 bits per heavy atom. The Kier molecular flexibility index (Phi) is 4.60. The van der Waals surface area contributed by atoms with Gasteiger partial charge < -0.3 is 15.7 Å². The van der Waals surface area contributed by atoms with Crippen LogP contribution in [0, 0.1) is 0 Å². The average Bonchev–Trinajstić information content (AvgIpc) is 2.37. The lowest BCUT2D eigenvalue weighted by atomic mass is 10.0. The molecule has 2 rings (SSSR count). The van der Waals surface area contributed by atoms with Crippen molar-refractivity contribution in [1.29, 1.82) is 0 Å². The minimum Gasteiger partial charge on any atom is -0.507 e. The molecule has 0 radical (unpaired) electrons. The largest absolute Gasteiger partial charge is 0.507 e. The molecular formula is C13H17BrN2O2. The molecule has 1 aliphatic heterocycles. The summed E-state index contributed by atoms with van der Waals surface area (Å²) in [5.74, 6) is -0.231. The Hall–Kier alpha value is -1.07. The number of halogens is 1. The fourth-order valence-corrected chi connectivity index (χ4v) is 2.46. The minimum atomic E-state index is -0.229. The average molecular weight is 313 g/mol. The molecule has 4 nitrogen and oxygen atoms in total. The highest BCUT2D eigenvalue weighted by molar-refractivity contribution is 9.10. The van der Waals surface area contributed by atoms with Gasteiger partial charge in [-0.2, -0.15) is 0 Å². The molecule has 3 N–H and O–H groups in total. The molecule has 1 unspecified atom stereocenters. The zero-order chi connectivity index (χ0) is 13.0. The normalized spacial score (nSPS) is 19.5. The molecule has 0 saturated carbocycles. The van der Waals surface area contributed by atoms with Crippen molar-refractivity contribution < 1.29 is 9.90 Å². The number of benzene rings is 1. The standard InChI is InChI=1S/C13H17BrN2O2/c14-9-4-5-11(12(17)7-9)13(18)16-8-10-3-1-2-6-15-10/h4-5,7,10,15,17H,1-3,6,8H2,(H,16,18). The van der Waals surface area contributed by atoms with Gasteiger partial charge >= 0.3 is 0 Å². The lowest BCUT2D eigenvalue weighted by Crippen LogP contribution is -2.43. The molecule has 1 heterocycles. The van der Waals surface area contributed by atoms with Crippen LogP contribution in [-0.4, -0.2) is 30.1 Å². The third kappa shape index (κ3) is 3.46. The Balaban J connectivity index is 1.90. The van der Waals surface area contributed by atoms with Crippen LogP contribution in [0.25, 0.3) is 0 Å². The fourth-order valence-electron chi connectivity index (χ4n) is 2.11. The van der Waals surface area contributed by atoms with Crippen molar-refractivity contribution in [3.8, 4) is 5.75 Å². The van der Waals surface area contributed by atoms with Crippen LogP contribution in [0.15, 0.2) is 22.7 Å². The molecular weight excluding hydrogens is 296 g/mol. The highest BCUT2D eigenvalue weighted by atomic mass is 79.9. The van der Waals surface area contributed by atoms with Gasteiger partial charge in [-0.3, -0.25) is 4.79 Å². The van der Waals surface area contributed by atoms with Crippen LogP contribution in [0.3, 0.4) is 0 Å². The Bertz CT molecular complexity index is 431. The van der Waals surface area contributed by atoms with Gasteiger partial charge in [-0.1, -0.05) is 22.4 Å². The number of hydrogen-bond donors (Lipinski definition) is 3. The van der Waals surface area contributed by atoms with Crippen molar-refractivity contribution in [2.45, 2.75) is 25.3 Å². The van der Waals surface area contributed by atoms with Crippen LogP contribution in [0.4, 0.5) is 0 Å². The summed E-state index contributed by atoms with van der Waals surface area (Å²) in [6.45, 7) is 1.62. The van der Waals surface area contributed by atoms with Gasteiger partial charge in [-0.25, -0.2) is 0 Å². The first-order valence-electron chi connectivity index (χ1n) is 6.17. The molecule has 5 heteroatoms. The third-order valence-corrected chi connectivity index (χ3v) is 3.62.